The number of hydrogen-bond acceptors (Lipinski definition) is 6. The molecule has 1 rings (SSSR count). The summed E-state index contributed by atoms with van der Waals surface area (Å²) in [5.41, 5.74) is 0. The second-order valence-electron chi connectivity index (χ2n) is 3.94. The first kappa shape index (κ1) is 14.5. The molecule has 0 aliphatic heterocycles. The summed E-state index contributed by atoms with van der Waals surface area (Å²) < 4.78 is 9.62. The Morgan fingerprint density at radius 1 is 1.44 bits per heavy atom. The van der Waals surface area contributed by atoms with Crippen molar-refractivity contribution >= 4 is 23.4 Å². The number of carbonyl (C=O) groups excluding carboxylic acids is 1. The van der Waals surface area contributed by atoms with Gasteiger partial charge in [-0.15, -0.1) is 0 Å². The van der Waals surface area contributed by atoms with Crippen LogP contribution in [0.5, 0.6) is 6.01 Å². The van der Waals surface area contributed by atoms with E-state index in [1.165, 1.54) is 20.4 Å². The fourth-order valence-corrected chi connectivity index (χ4v) is 1.47. The molecule has 1 unspecified atom stereocenters. The minimum atomic E-state index is -0.535. The number of halogens is 1. The monoisotopic (exact) mass is 273 g/mol. The van der Waals surface area contributed by atoms with Gasteiger partial charge in [0.1, 0.15) is 11.1 Å². The van der Waals surface area contributed by atoms with E-state index in [0.29, 0.717) is 10.8 Å². The van der Waals surface area contributed by atoms with Gasteiger partial charge in [0.25, 0.3) is 0 Å². The van der Waals surface area contributed by atoms with Crippen LogP contribution in [0.4, 0.5) is 5.82 Å². The lowest BCUT2D eigenvalue weighted by molar-refractivity contribution is -0.142. The standard InChI is InChI=1S/C11H16ClN3O3/c1-6(2)8(10(16)17-3)14-9-7(12)5-13-11(15-9)18-4/h5-6,8H,1-4H3,(H,13,14,15). The van der Waals surface area contributed by atoms with E-state index in [1.54, 1.807) is 0 Å². The Morgan fingerprint density at radius 3 is 2.61 bits per heavy atom. The third-order valence-corrected chi connectivity index (χ3v) is 2.60. The molecule has 0 saturated heterocycles. The number of anilines is 1. The van der Waals surface area contributed by atoms with Crippen molar-refractivity contribution in [2.45, 2.75) is 19.9 Å². The number of carbonyl (C=O) groups is 1. The van der Waals surface area contributed by atoms with Gasteiger partial charge in [0, 0.05) is 0 Å². The molecule has 6 nitrogen and oxygen atoms in total. The van der Waals surface area contributed by atoms with E-state index in [-0.39, 0.29) is 17.9 Å². The van der Waals surface area contributed by atoms with Gasteiger partial charge in [0.2, 0.25) is 0 Å². The zero-order valence-corrected chi connectivity index (χ0v) is 11.5. The third-order valence-electron chi connectivity index (χ3n) is 2.32. The molecule has 0 spiro atoms. The second-order valence-corrected chi connectivity index (χ2v) is 4.35. The smallest absolute Gasteiger partial charge is 0.328 e. The topological polar surface area (TPSA) is 73.3 Å². The fourth-order valence-electron chi connectivity index (χ4n) is 1.32. The lowest BCUT2D eigenvalue weighted by atomic mass is 10.0. The molecule has 0 fully saturated rings. The lowest BCUT2D eigenvalue weighted by Crippen LogP contribution is -2.35. The highest BCUT2D eigenvalue weighted by molar-refractivity contribution is 6.32. The van der Waals surface area contributed by atoms with E-state index in [0.717, 1.165) is 0 Å². The average Bonchev–Trinajstić information content (AvgIpc) is 2.36. The van der Waals surface area contributed by atoms with Crippen LogP contribution in [0.2, 0.25) is 5.02 Å². The molecule has 0 radical (unpaired) electrons. The summed E-state index contributed by atoms with van der Waals surface area (Å²) in [4.78, 5) is 19.5. The van der Waals surface area contributed by atoms with Gasteiger partial charge in [-0.05, 0) is 5.92 Å². The van der Waals surface area contributed by atoms with Gasteiger partial charge >= 0.3 is 12.0 Å². The van der Waals surface area contributed by atoms with E-state index < -0.39 is 6.04 Å². The van der Waals surface area contributed by atoms with Crippen molar-refractivity contribution in [1.29, 1.82) is 0 Å². The Morgan fingerprint density at radius 2 is 2.11 bits per heavy atom. The van der Waals surface area contributed by atoms with Crippen molar-refractivity contribution in [3.8, 4) is 6.01 Å². The molecule has 0 aliphatic rings. The van der Waals surface area contributed by atoms with Crippen LogP contribution >= 0.6 is 11.6 Å². The Hall–Kier alpha value is -1.56. The number of hydrogen-bond donors (Lipinski definition) is 1. The molecular weight excluding hydrogens is 258 g/mol. The van der Waals surface area contributed by atoms with E-state index >= 15 is 0 Å². The van der Waals surface area contributed by atoms with Crippen LogP contribution in [-0.2, 0) is 9.53 Å². The first-order valence-corrected chi connectivity index (χ1v) is 5.78. The minimum absolute atomic E-state index is 0.0227. The average molecular weight is 274 g/mol. The maximum atomic E-state index is 11.6. The van der Waals surface area contributed by atoms with Gasteiger partial charge in [0.15, 0.2) is 5.82 Å². The molecule has 1 aromatic heterocycles. The third kappa shape index (κ3) is 3.46. The maximum absolute atomic E-state index is 11.6. The van der Waals surface area contributed by atoms with Crippen LogP contribution in [-0.4, -0.2) is 36.2 Å². The summed E-state index contributed by atoms with van der Waals surface area (Å²) in [6, 6.07) is -0.360. The molecule has 0 saturated carbocycles. The number of esters is 1. The highest BCUT2D eigenvalue weighted by atomic mass is 35.5. The van der Waals surface area contributed by atoms with Crippen molar-refractivity contribution in [3.05, 3.63) is 11.2 Å². The highest BCUT2D eigenvalue weighted by Gasteiger charge is 2.24. The minimum Gasteiger partial charge on any atom is -0.467 e. The van der Waals surface area contributed by atoms with Crippen LogP contribution in [0.3, 0.4) is 0 Å². The van der Waals surface area contributed by atoms with Gasteiger partial charge in [-0.2, -0.15) is 4.98 Å². The molecule has 0 aliphatic carbocycles. The molecule has 7 heteroatoms. The lowest BCUT2D eigenvalue weighted by Gasteiger charge is -2.20. The Balaban J connectivity index is 2.96. The van der Waals surface area contributed by atoms with Crippen molar-refractivity contribution in [3.63, 3.8) is 0 Å². The molecule has 0 bridgehead atoms. The quantitative estimate of drug-likeness (QED) is 0.824. The number of nitrogens with one attached hydrogen (secondary N) is 1. The van der Waals surface area contributed by atoms with Gasteiger partial charge < -0.3 is 14.8 Å². The molecule has 1 heterocycles. The van der Waals surface area contributed by atoms with Crippen LogP contribution in [0.1, 0.15) is 13.8 Å². The van der Waals surface area contributed by atoms with E-state index in [1.807, 2.05) is 13.8 Å². The zero-order valence-electron chi connectivity index (χ0n) is 10.7. The Labute approximate surface area is 111 Å². The molecule has 0 amide bonds. The predicted molar refractivity (Wildman–Crippen MR) is 67.9 cm³/mol. The first-order chi connectivity index (χ1) is 8.49. The Kier molecular flexibility index (Phi) is 5.15. The normalized spacial score (nSPS) is 12.1. The van der Waals surface area contributed by atoms with Crippen molar-refractivity contribution in [1.82, 2.24) is 9.97 Å². The van der Waals surface area contributed by atoms with Crippen LogP contribution in [0.15, 0.2) is 6.20 Å². The molecular formula is C11H16ClN3O3. The molecule has 100 valence electrons. The van der Waals surface area contributed by atoms with Crippen LogP contribution in [0, 0.1) is 5.92 Å². The highest BCUT2D eigenvalue weighted by Crippen LogP contribution is 2.22. The molecule has 1 atom stereocenters. The second kappa shape index (κ2) is 6.39. The zero-order chi connectivity index (χ0) is 13.7. The van der Waals surface area contributed by atoms with Gasteiger partial charge in [-0.3, -0.25) is 0 Å². The summed E-state index contributed by atoms with van der Waals surface area (Å²) in [5, 5.41) is 3.25. The fraction of sp³-hybridized carbons (Fsp3) is 0.545. The van der Waals surface area contributed by atoms with Crippen LogP contribution in [0.25, 0.3) is 0 Å². The van der Waals surface area contributed by atoms with Gasteiger partial charge in [0.05, 0.1) is 20.4 Å². The summed E-state index contributed by atoms with van der Waals surface area (Å²) >= 11 is 5.95. The molecule has 1 N–H and O–H groups in total. The summed E-state index contributed by atoms with van der Waals surface area (Å²) in [5.74, 6) is -0.0132. The van der Waals surface area contributed by atoms with Crippen molar-refractivity contribution < 1.29 is 14.3 Å². The molecule has 18 heavy (non-hydrogen) atoms. The predicted octanol–water partition coefficient (Wildman–Crippen LogP) is 1.75. The number of aromatic nitrogens is 2. The van der Waals surface area contributed by atoms with E-state index in [9.17, 15) is 4.79 Å². The van der Waals surface area contributed by atoms with E-state index in [4.69, 9.17) is 21.1 Å². The Bertz CT molecular complexity index is 426. The number of rotatable bonds is 5. The van der Waals surface area contributed by atoms with Crippen LogP contribution < -0.4 is 10.1 Å². The molecule has 1 aromatic rings. The van der Waals surface area contributed by atoms with Gasteiger partial charge in [-0.1, -0.05) is 25.4 Å². The number of ether oxygens (including phenoxy) is 2. The SMILES string of the molecule is COC(=O)C(Nc1nc(OC)ncc1Cl)C(C)C. The first-order valence-electron chi connectivity index (χ1n) is 5.40. The number of methoxy groups -OCH3 is 2. The maximum Gasteiger partial charge on any atom is 0.328 e. The largest absolute Gasteiger partial charge is 0.467 e. The summed E-state index contributed by atoms with van der Waals surface area (Å²) in [7, 11) is 2.79. The van der Waals surface area contributed by atoms with E-state index in [2.05, 4.69) is 15.3 Å². The van der Waals surface area contributed by atoms with Crippen molar-refractivity contribution in [2.75, 3.05) is 19.5 Å². The molecule has 0 aromatic carbocycles. The summed E-state index contributed by atoms with van der Waals surface area (Å²) in [6.45, 7) is 3.78. The summed E-state index contributed by atoms with van der Waals surface area (Å²) in [6.07, 6.45) is 1.41. The van der Waals surface area contributed by atoms with Gasteiger partial charge in [-0.25, -0.2) is 9.78 Å². The van der Waals surface area contributed by atoms with Crippen molar-refractivity contribution in [2.24, 2.45) is 5.92 Å². The number of nitrogens with zero attached hydrogens (tertiary/aromatic N) is 2.